The molecule has 0 unspecified atom stereocenters. The SMILES string of the molecule is CC1(NC(=O)c2cccc(Cl)c2-n2cnc(Cn3nc(-c4ccc(Cl)cc4)n(C[C@H](O)C(F)(F)F)c3=O)n2)CC1. The van der Waals surface area contributed by atoms with Gasteiger partial charge < -0.3 is 10.4 Å². The van der Waals surface area contributed by atoms with Crippen molar-refractivity contribution in [2.45, 2.75) is 50.7 Å². The van der Waals surface area contributed by atoms with Gasteiger partial charge in [-0.05, 0) is 56.2 Å². The van der Waals surface area contributed by atoms with Crippen molar-refractivity contribution in [3.8, 4) is 17.1 Å². The summed E-state index contributed by atoms with van der Waals surface area (Å²) < 4.78 is 42.3. The third kappa shape index (κ3) is 5.76. The highest BCUT2D eigenvalue weighted by atomic mass is 35.5. The van der Waals surface area contributed by atoms with Crippen molar-refractivity contribution in [2.75, 3.05) is 0 Å². The summed E-state index contributed by atoms with van der Waals surface area (Å²) in [5.41, 5.74) is -0.335. The van der Waals surface area contributed by atoms with E-state index in [-0.39, 0.29) is 45.9 Å². The summed E-state index contributed by atoms with van der Waals surface area (Å²) in [6.07, 6.45) is -4.71. The monoisotopic (exact) mass is 595 g/mol. The first-order valence-electron chi connectivity index (χ1n) is 12.0. The molecule has 1 amide bonds. The third-order valence-corrected chi connectivity index (χ3v) is 7.02. The Morgan fingerprint density at radius 2 is 1.85 bits per heavy atom. The number of carbonyl (C=O) groups is 1. The lowest BCUT2D eigenvalue weighted by Gasteiger charge is -2.15. The minimum atomic E-state index is -4.95. The first-order chi connectivity index (χ1) is 18.8. The number of benzene rings is 2. The largest absolute Gasteiger partial charge is 0.416 e. The molecule has 2 aromatic heterocycles. The third-order valence-electron chi connectivity index (χ3n) is 6.46. The van der Waals surface area contributed by atoms with Crippen LogP contribution in [-0.2, 0) is 13.1 Å². The number of nitrogens with zero attached hydrogens (tertiary/aromatic N) is 6. The molecule has 15 heteroatoms. The maximum Gasteiger partial charge on any atom is 0.416 e. The normalized spacial score (nSPS) is 15.2. The van der Waals surface area contributed by atoms with Crippen LogP contribution in [0.1, 0.15) is 35.9 Å². The maximum absolute atomic E-state index is 13.1. The molecular weight excluding hydrogens is 574 g/mol. The van der Waals surface area contributed by atoms with E-state index in [1.165, 1.54) is 35.3 Å². The minimum absolute atomic E-state index is 0.0752. The molecule has 2 N–H and O–H groups in total. The second-order valence-corrected chi connectivity index (χ2v) is 10.5. The molecule has 2 heterocycles. The number of aliphatic hydroxyl groups excluding tert-OH is 1. The van der Waals surface area contributed by atoms with Crippen LogP contribution in [0.2, 0.25) is 10.0 Å². The van der Waals surface area contributed by atoms with Crippen LogP contribution in [0.25, 0.3) is 17.1 Å². The van der Waals surface area contributed by atoms with E-state index in [1.807, 2.05) is 6.92 Å². The Morgan fingerprint density at radius 3 is 2.50 bits per heavy atom. The summed E-state index contributed by atoms with van der Waals surface area (Å²) in [6, 6.07) is 10.8. The van der Waals surface area contributed by atoms with Crippen LogP contribution in [0.15, 0.2) is 53.6 Å². The van der Waals surface area contributed by atoms with Crippen LogP contribution in [0, 0.1) is 0 Å². The Bertz CT molecular complexity index is 1630. The second-order valence-electron chi connectivity index (χ2n) is 9.69. The number of para-hydroxylation sites is 1. The molecule has 210 valence electrons. The lowest BCUT2D eigenvalue weighted by atomic mass is 10.1. The number of nitrogens with one attached hydrogen (secondary N) is 1. The van der Waals surface area contributed by atoms with Gasteiger partial charge in [0.1, 0.15) is 12.9 Å². The molecule has 5 rings (SSSR count). The molecule has 0 aliphatic heterocycles. The summed E-state index contributed by atoms with van der Waals surface area (Å²) in [5, 5.41) is 21.8. The maximum atomic E-state index is 13.1. The van der Waals surface area contributed by atoms with Crippen molar-refractivity contribution in [3.63, 3.8) is 0 Å². The van der Waals surface area contributed by atoms with Crippen molar-refractivity contribution >= 4 is 29.1 Å². The number of amides is 1. The zero-order valence-electron chi connectivity index (χ0n) is 20.9. The van der Waals surface area contributed by atoms with Crippen LogP contribution < -0.4 is 11.0 Å². The summed E-state index contributed by atoms with van der Waals surface area (Å²) in [5.74, 6) is -0.366. The average molecular weight is 596 g/mol. The van der Waals surface area contributed by atoms with E-state index in [0.29, 0.717) is 10.6 Å². The van der Waals surface area contributed by atoms with Crippen molar-refractivity contribution in [1.29, 1.82) is 0 Å². The highest BCUT2D eigenvalue weighted by Gasteiger charge is 2.40. The van der Waals surface area contributed by atoms with E-state index in [4.69, 9.17) is 23.2 Å². The number of rotatable bonds is 8. The fourth-order valence-electron chi connectivity index (χ4n) is 3.99. The van der Waals surface area contributed by atoms with Gasteiger partial charge >= 0.3 is 11.9 Å². The molecule has 1 aliphatic carbocycles. The predicted octanol–water partition coefficient (Wildman–Crippen LogP) is 3.85. The van der Waals surface area contributed by atoms with E-state index < -0.39 is 24.5 Å². The molecule has 0 bridgehead atoms. The number of hydrogen-bond acceptors (Lipinski definition) is 6. The number of aromatic nitrogens is 6. The Kier molecular flexibility index (Phi) is 7.23. The van der Waals surface area contributed by atoms with Gasteiger partial charge in [-0.1, -0.05) is 29.3 Å². The van der Waals surface area contributed by atoms with Gasteiger partial charge in [0.25, 0.3) is 5.91 Å². The molecule has 2 aromatic carbocycles. The van der Waals surface area contributed by atoms with Crippen LogP contribution in [0.3, 0.4) is 0 Å². The standard InChI is InChI=1S/C25H22Cl2F3N7O3/c1-24(9-10-24)32-22(39)16-3-2-4-17(27)20(16)37-13-31-19(33-37)12-36-23(40)35(11-18(38)25(28,29)30)21(34-36)14-5-7-15(26)8-6-14/h2-8,13,18,38H,9-12H2,1H3,(H,32,39)/t18-/m0/s1. The van der Waals surface area contributed by atoms with Gasteiger partial charge in [-0.3, -0.25) is 9.36 Å². The number of hydrogen-bond donors (Lipinski definition) is 2. The van der Waals surface area contributed by atoms with Gasteiger partial charge in [0.15, 0.2) is 17.8 Å². The molecule has 1 atom stereocenters. The molecule has 1 aliphatic rings. The van der Waals surface area contributed by atoms with Gasteiger partial charge in [0.05, 0.1) is 22.8 Å². The second kappa shape index (κ2) is 10.4. The van der Waals surface area contributed by atoms with Crippen molar-refractivity contribution < 1.29 is 23.1 Å². The van der Waals surface area contributed by atoms with E-state index >= 15 is 0 Å². The molecule has 1 fully saturated rings. The first-order valence-corrected chi connectivity index (χ1v) is 12.8. The van der Waals surface area contributed by atoms with E-state index in [0.717, 1.165) is 22.1 Å². The summed E-state index contributed by atoms with van der Waals surface area (Å²) >= 11 is 12.3. The van der Waals surface area contributed by atoms with Gasteiger partial charge in [-0.15, -0.1) is 10.2 Å². The van der Waals surface area contributed by atoms with Crippen LogP contribution >= 0.6 is 23.2 Å². The van der Waals surface area contributed by atoms with Crippen LogP contribution in [0.4, 0.5) is 13.2 Å². The van der Waals surface area contributed by atoms with Crippen molar-refractivity contribution in [1.82, 2.24) is 34.4 Å². The van der Waals surface area contributed by atoms with Gasteiger partial charge in [-0.2, -0.15) is 13.2 Å². The number of alkyl halides is 3. The van der Waals surface area contributed by atoms with Gasteiger partial charge in [-0.25, -0.2) is 19.1 Å². The summed E-state index contributed by atoms with van der Waals surface area (Å²) in [6.45, 7) is 0.552. The van der Waals surface area contributed by atoms with E-state index in [2.05, 4.69) is 20.5 Å². The van der Waals surface area contributed by atoms with Crippen molar-refractivity contribution in [3.05, 3.63) is 80.7 Å². The zero-order valence-corrected chi connectivity index (χ0v) is 22.4. The molecule has 0 saturated heterocycles. The predicted molar refractivity (Wildman–Crippen MR) is 140 cm³/mol. The van der Waals surface area contributed by atoms with E-state index in [9.17, 15) is 27.9 Å². The van der Waals surface area contributed by atoms with E-state index in [1.54, 1.807) is 18.2 Å². The smallest absolute Gasteiger partial charge is 0.382 e. The quantitative estimate of drug-likeness (QED) is 0.319. The van der Waals surface area contributed by atoms with Gasteiger partial charge in [0.2, 0.25) is 0 Å². The molecule has 0 radical (unpaired) electrons. The Balaban J connectivity index is 1.48. The molecule has 0 spiro atoms. The number of carbonyl (C=O) groups excluding carboxylic acids is 1. The molecular formula is C25H22Cl2F3N7O3. The minimum Gasteiger partial charge on any atom is -0.382 e. The number of aliphatic hydroxyl groups is 1. The Hall–Kier alpha value is -3.68. The highest BCUT2D eigenvalue weighted by molar-refractivity contribution is 6.33. The number of halogens is 5. The molecule has 10 nitrogen and oxygen atoms in total. The lowest BCUT2D eigenvalue weighted by Crippen LogP contribution is -2.37. The Morgan fingerprint density at radius 1 is 1.15 bits per heavy atom. The topological polar surface area (TPSA) is 120 Å². The first kappa shape index (κ1) is 27.9. The lowest BCUT2D eigenvalue weighted by molar-refractivity contribution is -0.207. The molecule has 40 heavy (non-hydrogen) atoms. The summed E-state index contributed by atoms with van der Waals surface area (Å²) in [7, 11) is 0. The molecule has 4 aromatic rings. The van der Waals surface area contributed by atoms with Crippen LogP contribution in [0.5, 0.6) is 0 Å². The fourth-order valence-corrected chi connectivity index (χ4v) is 4.38. The highest BCUT2D eigenvalue weighted by Crippen LogP contribution is 2.35. The van der Waals surface area contributed by atoms with Gasteiger partial charge in [0, 0.05) is 16.1 Å². The van der Waals surface area contributed by atoms with Crippen molar-refractivity contribution in [2.24, 2.45) is 0 Å². The fraction of sp³-hybridized carbons (Fsp3) is 0.320. The average Bonchev–Trinajstić information content (AvgIpc) is 3.30. The summed E-state index contributed by atoms with van der Waals surface area (Å²) in [4.78, 5) is 30.3. The van der Waals surface area contributed by atoms with Crippen LogP contribution in [-0.4, -0.2) is 57.9 Å². The Labute approximate surface area is 235 Å². The molecule has 1 saturated carbocycles. The zero-order chi connectivity index (χ0) is 28.8.